The van der Waals surface area contributed by atoms with Gasteiger partial charge in [-0.25, -0.2) is 13.1 Å². The van der Waals surface area contributed by atoms with E-state index in [9.17, 15) is 8.42 Å². The van der Waals surface area contributed by atoms with Gasteiger partial charge in [0, 0.05) is 12.1 Å². The van der Waals surface area contributed by atoms with Gasteiger partial charge in [0.15, 0.2) is 0 Å². The minimum Gasteiger partial charge on any atom is -0.496 e. The molecule has 1 aliphatic heterocycles. The van der Waals surface area contributed by atoms with E-state index < -0.39 is 10.0 Å². The van der Waals surface area contributed by atoms with Crippen LogP contribution in [0.1, 0.15) is 50.7 Å². The first-order chi connectivity index (χ1) is 10.7. The Labute approximate surface area is 139 Å². The molecular formula is C17H28N2O3S. The number of hydrogen-bond donors (Lipinski definition) is 2. The van der Waals surface area contributed by atoms with Crippen LogP contribution in [0.15, 0.2) is 17.0 Å². The van der Waals surface area contributed by atoms with Gasteiger partial charge in [0.25, 0.3) is 0 Å². The molecule has 0 aliphatic carbocycles. The molecule has 0 amide bonds. The molecule has 1 saturated heterocycles. The number of hydrogen-bond acceptors (Lipinski definition) is 4. The van der Waals surface area contributed by atoms with Crippen molar-refractivity contribution in [1.29, 1.82) is 0 Å². The predicted molar refractivity (Wildman–Crippen MR) is 92.6 cm³/mol. The Kier molecular flexibility index (Phi) is 5.70. The summed E-state index contributed by atoms with van der Waals surface area (Å²) in [6.07, 6.45) is 1.63. The van der Waals surface area contributed by atoms with Gasteiger partial charge < -0.3 is 10.1 Å². The van der Waals surface area contributed by atoms with Crippen LogP contribution in [0.3, 0.4) is 0 Å². The third kappa shape index (κ3) is 4.25. The molecule has 0 bridgehead atoms. The van der Waals surface area contributed by atoms with Crippen molar-refractivity contribution in [1.82, 2.24) is 10.0 Å². The number of sulfonamides is 1. The molecular weight excluding hydrogens is 312 g/mol. The van der Waals surface area contributed by atoms with Crippen LogP contribution in [-0.4, -0.2) is 34.2 Å². The number of benzene rings is 1. The fraction of sp³-hybridized carbons (Fsp3) is 0.647. The predicted octanol–water partition coefficient (Wildman–Crippen LogP) is 2.55. The lowest BCUT2D eigenvalue weighted by atomic mass is 10.0. The molecule has 1 aromatic rings. The van der Waals surface area contributed by atoms with E-state index in [1.165, 1.54) is 0 Å². The zero-order chi connectivity index (χ0) is 17.2. The van der Waals surface area contributed by atoms with Gasteiger partial charge in [-0.3, -0.25) is 0 Å². The van der Waals surface area contributed by atoms with Crippen molar-refractivity contribution in [3.05, 3.63) is 23.3 Å². The topological polar surface area (TPSA) is 67.4 Å². The van der Waals surface area contributed by atoms with E-state index in [-0.39, 0.29) is 12.0 Å². The number of ether oxygens (including phenoxy) is 1. The van der Waals surface area contributed by atoms with E-state index in [4.69, 9.17) is 4.74 Å². The average molecular weight is 340 g/mol. The Hall–Kier alpha value is -1.11. The second-order valence-corrected chi connectivity index (χ2v) is 8.39. The van der Waals surface area contributed by atoms with Crippen LogP contribution in [0.25, 0.3) is 0 Å². The maximum Gasteiger partial charge on any atom is 0.241 e. The highest BCUT2D eigenvalue weighted by atomic mass is 32.2. The third-order valence-electron chi connectivity index (χ3n) is 4.38. The summed E-state index contributed by atoms with van der Waals surface area (Å²) in [5, 5.41) is 3.34. The van der Waals surface area contributed by atoms with Crippen LogP contribution in [0.4, 0.5) is 0 Å². The summed E-state index contributed by atoms with van der Waals surface area (Å²) in [5.74, 6) is 0.936. The Morgan fingerprint density at radius 3 is 2.61 bits per heavy atom. The molecule has 23 heavy (non-hydrogen) atoms. The number of nitrogens with one attached hydrogen (secondary N) is 2. The molecule has 6 heteroatoms. The Balaban J connectivity index is 2.33. The monoisotopic (exact) mass is 340 g/mol. The normalized spacial score (nSPS) is 22.3. The highest BCUT2D eigenvalue weighted by molar-refractivity contribution is 7.89. The van der Waals surface area contributed by atoms with Crippen LogP contribution < -0.4 is 14.8 Å². The standard InChI is InChI=1S/C17H28N2O3S/c1-11(2)15-10-17(12(3)8-16(15)22-5)23(20,21)19-14-6-7-18-13(4)9-14/h8,10-11,13-14,18-19H,6-7,9H2,1-5H3. The molecule has 130 valence electrons. The molecule has 0 radical (unpaired) electrons. The third-order valence-corrected chi connectivity index (χ3v) is 6.05. The molecule has 2 unspecified atom stereocenters. The quantitative estimate of drug-likeness (QED) is 0.864. The van der Waals surface area contributed by atoms with Gasteiger partial charge in [-0.1, -0.05) is 13.8 Å². The van der Waals surface area contributed by atoms with E-state index >= 15 is 0 Å². The molecule has 1 aliphatic rings. The first-order valence-electron chi connectivity index (χ1n) is 8.19. The van der Waals surface area contributed by atoms with Crippen LogP contribution in [0.5, 0.6) is 5.75 Å². The van der Waals surface area contributed by atoms with Crippen molar-refractivity contribution in [2.45, 2.75) is 63.4 Å². The van der Waals surface area contributed by atoms with Gasteiger partial charge >= 0.3 is 0 Å². The first-order valence-corrected chi connectivity index (χ1v) is 9.67. The number of aryl methyl sites for hydroxylation is 1. The molecule has 1 aromatic carbocycles. The average Bonchev–Trinajstić information content (AvgIpc) is 2.45. The molecule has 1 fully saturated rings. The summed E-state index contributed by atoms with van der Waals surface area (Å²) in [5.41, 5.74) is 1.62. The first kappa shape index (κ1) is 18.2. The molecule has 5 nitrogen and oxygen atoms in total. The van der Waals surface area contributed by atoms with Gasteiger partial charge in [-0.15, -0.1) is 0 Å². The van der Waals surface area contributed by atoms with E-state index in [1.54, 1.807) is 13.2 Å². The summed E-state index contributed by atoms with van der Waals surface area (Å²) in [7, 11) is -1.91. The molecule has 0 saturated carbocycles. The fourth-order valence-electron chi connectivity index (χ4n) is 3.12. The Bertz CT molecular complexity index is 656. The van der Waals surface area contributed by atoms with Gasteiger partial charge in [-0.2, -0.15) is 0 Å². The highest BCUT2D eigenvalue weighted by Crippen LogP contribution is 2.31. The smallest absolute Gasteiger partial charge is 0.241 e. The van der Waals surface area contributed by atoms with E-state index in [1.807, 2.05) is 26.8 Å². The molecule has 2 atom stereocenters. The maximum atomic E-state index is 12.8. The lowest BCUT2D eigenvalue weighted by molar-refractivity contribution is 0.361. The van der Waals surface area contributed by atoms with Crippen LogP contribution in [0.2, 0.25) is 0 Å². The van der Waals surface area contributed by atoms with Crippen molar-refractivity contribution >= 4 is 10.0 Å². The summed E-state index contributed by atoms with van der Waals surface area (Å²) < 4.78 is 33.9. The summed E-state index contributed by atoms with van der Waals surface area (Å²) in [6, 6.07) is 3.89. The van der Waals surface area contributed by atoms with Gasteiger partial charge in [-0.05, 0) is 62.4 Å². The summed E-state index contributed by atoms with van der Waals surface area (Å²) in [6.45, 7) is 8.80. The van der Waals surface area contributed by atoms with Gasteiger partial charge in [0.2, 0.25) is 10.0 Å². The van der Waals surface area contributed by atoms with E-state index in [0.717, 1.165) is 30.7 Å². The number of methoxy groups -OCH3 is 1. The number of piperidine rings is 1. The molecule has 1 heterocycles. The van der Waals surface area contributed by atoms with Crippen molar-refractivity contribution in [2.24, 2.45) is 0 Å². The fourth-order valence-corrected chi connectivity index (χ4v) is 4.66. The van der Waals surface area contributed by atoms with Crippen molar-refractivity contribution < 1.29 is 13.2 Å². The van der Waals surface area contributed by atoms with Crippen molar-refractivity contribution in [2.75, 3.05) is 13.7 Å². The van der Waals surface area contributed by atoms with Crippen molar-refractivity contribution in [3.63, 3.8) is 0 Å². The maximum absolute atomic E-state index is 12.8. The highest BCUT2D eigenvalue weighted by Gasteiger charge is 2.26. The lowest BCUT2D eigenvalue weighted by Crippen LogP contribution is -2.46. The van der Waals surface area contributed by atoms with E-state index in [0.29, 0.717) is 16.5 Å². The zero-order valence-corrected chi connectivity index (χ0v) is 15.5. The zero-order valence-electron chi connectivity index (χ0n) is 14.6. The molecule has 0 spiro atoms. The van der Waals surface area contributed by atoms with Crippen LogP contribution in [0, 0.1) is 6.92 Å². The van der Waals surface area contributed by atoms with Crippen LogP contribution >= 0.6 is 0 Å². The lowest BCUT2D eigenvalue weighted by Gasteiger charge is -2.28. The summed E-state index contributed by atoms with van der Waals surface area (Å²) >= 11 is 0. The summed E-state index contributed by atoms with van der Waals surface area (Å²) in [4.78, 5) is 0.355. The molecule has 2 rings (SSSR count). The van der Waals surface area contributed by atoms with Crippen LogP contribution in [-0.2, 0) is 10.0 Å². The largest absolute Gasteiger partial charge is 0.496 e. The van der Waals surface area contributed by atoms with Crippen molar-refractivity contribution in [3.8, 4) is 5.75 Å². The minimum atomic E-state index is -3.53. The second kappa shape index (κ2) is 7.20. The Morgan fingerprint density at radius 1 is 1.35 bits per heavy atom. The second-order valence-electron chi connectivity index (χ2n) is 6.71. The Morgan fingerprint density at radius 2 is 2.04 bits per heavy atom. The molecule has 2 N–H and O–H groups in total. The minimum absolute atomic E-state index is 0.0137. The van der Waals surface area contributed by atoms with Gasteiger partial charge in [0.05, 0.1) is 12.0 Å². The van der Waals surface area contributed by atoms with Gasteiger partial charge in [0.1, 0.15) is 5.75 Å². The van der Waals surface area contributed by atoms with E-state index in [2.05, 4.69) is 17.0 Å². The number of rotatable bonds is 5. The molecule has 0 aromatic heterocycles. The SMILES string of the molecule is COc1cc(C)c(S(=O)(=O)NC2CCNC(C)C2)cc1C(C)C.